The smallest absolute Gasteiger partial charge is 0.243 e. The fraction of sp³-hybridized carbons (Fsp3) is 0.867. The molecule has 0 aromatic carbocycles. The first-order valence-corrected chi connectivity index (χ1v) is 7.97. The van der Waals surface area contributed by atoms with Gasteiger partial charge in [-0.25, -0.2) is 4.99 Å². The van der Waals surface area contributed by atoms with E-state index in [-0.39, 0.29) is 36.4 Å². The van der Waals surface area contributed by atoms with E-state index in [9.17, 15) is 4.79 Å². The molecule has 1 rings (SSSR count). The van der Waals surface area contributed by atoms with E-state index < -0.39 is 0 Å². The quantitative estimate of drug-likeness (QED) is 0.379. The highest BCUT2D eigenvalue weighted by Gasteiger charge is 2.15. The van der Waals surface area contributed by atoms with E-state index in [0.717, 1.165) is 31.5 Å². The lowest BCUT2D eigenvalue weighted by Gasteiger charge is -2.30. The Morgan fingerprint density at radius 3 is 2.68 bits per heavy atom. The second kappa shape index (κ2) is 11.9. The topological polar surface area (TPSA) is 60.0 Å². The number of hydrogen-bond acceptors (Lipinski definition) is 3. The molecule has 6 nitrogen and oxygen atoms in total. The van der Waals surface area contributed by atoms with E-state index in [1.807, 2.05) is 6.92 Å². The molecule has 7 heteroatoms. The zero-order chi connectivity index (χ0) is 15.7. The number of piperidine rings is 1. The van der Waals surface area contributed by atoms with Gasteiger partial charge in [-0.2, -0.15) is 0 Å². The summed E-state index contributed by atoms with van der Waals surface area (Å²) < 4.78 is 0. The second-order valence-corrected chi connectivity index (χ2v) is 5.96. The molecule has 130 valence electrons. The van der Waals surface area contributed by atoms with Gasteiger partial charge in [0.1, 0.15) is 6.54 Å². The first kappa shape index (κ1) is 21.4. The fourth-order valence-electron chi connectivity index (χ4n) is 2.45. The predicted octanol–water partition coefficient (Wildman–Crippen LogP) is 0.980. The summed E-state index contributed by atoms with van der Waals surface area (Å²) in [6.45, 7) is 9.58. The van der Waals surface area contributed by atoms with Crippen molar-refractivity contribution in [3.05, 3.63) is 0 Å². The monoisotopic (exact) mass is 425 g/mol. The third kappa shape index (κ3) is 8.77. The average molecular weight is 425 g/mol. The number of guanidine groups is 1. The maximum absolute atomic E-state index is 11.6. The molecule has 0 saturated carbocycles. The van der Waals surface area contributed by atoms with Crippen LogP contribution in [0.1, 0.15) is 26.7 Å². The standard InChI is InChI=1S/C15H31N5O.HI/c1-5-16-15(18-11-14(21)19(3)4)17-8-10-20-9-6-7-13(2)12-20;/h13H,5-12H2,1-4H3,(H2,16,17,18);1H. The van der Waals surface area contributed by atoms with Crippen LogP contribution in [0.25, 0.3) is 0 Å². The SMILES string of the molecule is CCNC(=NCC(=O)N(C)C)NCCN1CCCC(C)C1.I. The fourth-order valence-corrected chi connectivity index (χ4v) is 2.45. The van der Waals surface area contributed by atoms with Gasteiger partial charge in [0.2, 0.25) is 5.91 Å². The number of aliphatic imine (C=N–C) groups is 1. The van der Waals surface area contributed by atoms with Crippen LogP contribution < -0.4 is 10.6 Å². The van der Waals surface area contributed by atoms with Crippen LogP contribution >= 0.6 is 24.0 Å². The molecule has 0 aliphatic carbocycles. The van der Waals surface area contributed by atoms with Crippen LogP contribution in [0.5, 0.6) is 0 Å². The van der Waals surface area contributed by atoms with Crippen molar-refractivity contribution in [2.75, 3.05) is 53.4 Å². The molecule has 0 aromatic rings. The molecule has 1 fully saturated rings. The number of carbonyl (C=O) groups excluding carboxylic acids is 1. The Balaban J connectivity index is 0.00000441. The van der Waals surface area contributed by atoms with Crippen molar-refractivity contribution in [3.63, 3.8) is 0 Å². The molecule has 0 spiro atoms. The Morgan fingerprint density at radius 1 is 1.36 bits per heavy atom. The van der Waals surface area contributed by atoms with Gasteiger partial charge in [-0.15, -0.1) is 24.0 Å². The van der Waals surface area contributed by atoms with Gasteiger partial charge < -0.3 is 20.4 Å². The minimum Gasteiger partial charge on any atom is -0.357 e. The summed E-state index contributed by atoms with van der Waals surface area (Å²) in [7, 11) is 3.49. The summed E-state index contributed by atoms with van der Waals surface area (Å²) in [5.74, 6) is 1.54. The lowest BCUT2D eigenvalue weighted by atomic mass is 10.0. The van der Waals surface area contributed by atoms with Gasteiger partial charge in [-0.1, -0.05) is 6.92 Å². The van der Waals surface area contributed by atoms with Crippen molar-refractivity contribution in [3.8, 4) is 0 Å². The Kier molecular flexibility index (Phi) is 11.6. The first-order valence-electron chi connectivity index (χ1n) is 7.97. The number of amides is 1. The van der Waals surface area contributed by atoms with E-state index in [1.165, 1.54) is 25.9 Å². The molecular formula is C15H32IN5O. The zero-order valence-corrected chi connectivity index (χ0v) is 16.7. The summed E-state index contributed by atoms with van der Waals surface area (Å²) in [6.07, 6.45) is 2.65. The third-order valence-corrected chi connectivity index (χ3v) is 3.68. The minimum absolute atomic E-state index is 0. The molecule has 1 aliphatic rings. The molecule has 0 radical (unpaired) electrons. The Morgan fingerprint density at radius 2 is 2.09 bits per heavy atom. The van der Waals surface area contributed by atoms with Crippen molar-refractivity contribution in [1.82, 2.24) is 20.4 Å². The highest BCUT2D eigenvalue weighted by Crippen LogP contribution is 2.14. The Labute approximate surface area is 152 Å². The summed E-state index contributed by atoms with van der Waals surface area (Å²) in [5.41, 5.74) is 0. The molecular weight excluding hydrogens is 393 g/mol. The summed E-state index contributed by atoms with van der Waals surface area (Å²) in [6, 6.07) is 0. The van der Waals surface area contributed by atoms with Gasteiger partial charge in [-0.05, 0) is 32.2 Å². The van der Waals surface area contributed by atoms with E-state index >= 15 is 0 Å². The van der Waals surface area contributed by atoms with Gasteiger partial charge in [0.05, 0.1) is 0 Å². The molecule has 1 saturated heterocycles. The number of rotatable bonds is 6. The van der Waals surface area contributed by atoms with E-state index in [0.29, 0.717) is 0 Å². The van der Waals surface area contributed by atoms with Crippen LogP contribution in [-0.4, -0.2) is 75.0 Å². The van der Waals surface area contributed by atoms with Crippen molar-refractivity contribution in [2.45, 2.75) is 26.7 Å². The number of carbonyl (C=O) groups is 1. The van der Waals surface area contributed by atoms with E-state index in [1.54, 1.807) is 19.0 Å². The molecule has 22 heavy (non-hydrogen) atoms. The zero-order valence-electron chi connectivity index (χ0n) is 14.4. The van der Waals surface area contributed by atoms with Gasteiger partial charge in [0.15, 0.2) is 5.96 Å². The molecule has 1 aliphatic heterocycles. The van der Waals surface area contributed by atoms with Crippen molar-refractivity contribution in [2.24, 2.45) is 10.9 Å². The highest BCUT2D eigenvalue weighted by atomic mass is 127. The molecule has 1 heterocycles. The van der Waals surface area contributed by atoms with Crippen molar-refractivity contribution >= 4 is 35.8 Å². The Hall–Kier alpha value is -0.570. The van der Waals surface area contributed by atoms with Crippen LogP contribution in [0, 0.1) is 5.92 Å². The lowest BCUT2D eigenvalue weighted by Crippen LogP contribution is -2.44. The second-order valence-electron chi connectivity index (χ2n) is 5.96. The maximum atomic E-state index is 11.6. The minimum atomic E-state index is 0. The molecule has 2 N–H and O–H groups in total. The molecule has 0 aromatic heterocycles. The number of hydrogen-bond donors (Lipinski definition) is 2. The number of nitrogens with zero attached hydrogens (tertiary/aromatic N) is 3. The van der Waals surface area contributed by atoms with Gasteiger partial charge in [-0.3, -0.25) is 4.79 Å². The van der Waals surface area contributed by atoms with Crippen LogP contribution in [0.4, 0.5) is 0 Å². The predicted molar refractivity (Wildman–Crippen MR) is 103 cm³/mol. The number of nitrogens with one attached hydrogen (secondary N) is 2. The van der Waals surface area contributed by atoms with Crippen molar-refractivity contribution in [1.29, 1.82) is 0 Å². The van der Waals surface area contributed by atoms with E-state index in [2.05, 4.69) is 27.4 Å². The summed E-state index contributed by atoms with van der Waals surface area (Å²) >= 11 is 0. The maximum Gasteiger partial charge on any atom is 0.243 e. The Bertz CT molecular complexity index is 349. The number of likely N-dealkylation sites (tertiary alicyclic amines) is 1. The summed E-state index contributed by atoms with van der Waals surface area (Å²) in [4.78, 5) is 19.9. The van der Waals surface area contributed by atoms with Crippen molar-refractivity contribution < 1.29 is 4.79 Å². The highest BCUT2D eigenvalue weighted by molar-refractivity contribution is 14.0. The molecule has 0 bridgehead atoms. The van der Waals surface area contributed by atoms with Crippen LogP contribution in [0.15, 0.2) is 4.99 Å². The summed E-state index contributed by atoms with van der Waals surface area (Å²) in [5, 5.41) is 6.48. The third-order valence-electron chi connectivity index (χ3n) is 3.68. The molecule has 1 unspecified atom stereocenters. The number of likely N-dealkylation sites (N-methyl/N-ethyl adjacent to an activating group) is 1. The first-order chi connectivity index (χ1) is 10.0. The van der Waals surface area contributed by atoms with Crippen LogP contribution in [0.2, 0.25) is 0 Å². The van der Waals surface area contributed by atoms with Crippen LogP contribution in [-0.2, 0) is 4.79 Å². The molecule has 1 atom stereocenters. The van der Waals surface area contributed by atoms with Crippen LogP contribution in [0.3, 0.4) is 0 Å². The molecule has 1 amide bonds. The van der Waals surface area contributed by atoms with E-state index in [4.69, 9.17) is 0 Å². The van der Waals surface area contributed by atoms with Gasteiger partial charge in [0, 0.05) is 40.3 Å². The average Bonchev–Trinajstić information content (AvgIpc) is 2.44. The van der Waals surface area contributed by atoms with Gasteiger partial charge >= 0.3 is 0 Å². The number of halogens is 1. The normalized spacial score (nSPS) is 19.3. The van der Waals surface area contributed by atoms with Gasteiger partial charge in [0.25, 0.3) is 0 Å². The lowest BCUT2D eigenvalue weighted by molar-refractivity contribution is -0.127. The largest absolute Gasteiger partial charge is 0.357 e.